The standard InChI is InChI=1S/C15H23FN2O2S/c1-3-18-8-4-5-13(11-18)10-17-21(19,20)15-9-14(16)7-6-12(15)2/h6-7,9,13,17H,3-5,8,10-11H2,1-2H3/t13-/m1/s1. The van der Waals surface area contributed by atoms with Crippen LogP contribution in [-0.2, 0) is 10.0 Å². The molecule has 0 aromatic heterocycles. The van der Waals surface area contributed by atoms with Gasteiger partial charge in [-0.1, -0.05) is 13.0 Å². The van der Waals surface area contributed by atoms with E-state index < -0.39 is 15.8 Å². The zero-order chi connectivity index (χ0) is 15.5. The first-order valence-electron chi connectivity index (χ1n) is 7.40. The molecule has 1 aliphatic heterocycles. The Kier molecular flexibility index (Phi) is 5.35. The van der Waals surface area contributed by atoms with Crippen LogP contribution in [0, 0.1) is 18.7 Å². The van der Waals surface area contributed by atoms with Gasteiger partial charge in [0, 0.05) is 13.1 Å². The van der Waals surface area contributed by atoms with E-state index in [1.165, 1.54) is 12.1 Å². The fourth-order valence-corrected chi connectivity index (χ4v) is 4.14. The third-order valence-corrected chi connectivity index (χ3v) is 5.62. The number of likely N-dealkylation sites (tertiary alicyclic amines) is 1. The van der Waals surface area contributed by atoms with Gasteiger partial charge in [-0.25, -0.2) is 17.5 Å². The molecular weight excluding hydrogens is 291 g/mol. The first-order chi connectivity index (χ1) is 9.92. The van der Waals surface area contributed by atoms with E-state index in [-0.39, 0.29) is 4.90 Å². The van der Waals surface area contributed by atoms with Crippen LogP contribution < -0.4 is 4.72 Å². The molecule has 21 heavy (non-hydrogen) atoms. The highest BCUT2D eigenvalue weighted by Crippen LogP contribution is 2.19. The molecule has 1 fully saturated rings. The molecule has 1 saturated heterocycles. The molecule has 0 spiro atoms. The second-order valence-corrected chi connectivity index (χ2v) is 7.40. The van der Waals surface area contributed by atoms with Crippen LogP contribution in [0.15, 0.2) is 23.1 Å². The van der Waals surface area contributed by atoms with Crippen molar-refractivity contribution in [3.8, 4) is 0 Å². The van der Waals surface area contributed by atoms with Crippen LogP contribution >= 0.6 is 0 Å². The summed E-state index contributed by atoms with van der Waals surface area (Å²) in [5.74, 6) is -0.210. The minimum absolute atomic E-state index is 0.0330. The zero-order valence-electron chi connectivity index (χ0n) is 12.6. The molecule has 2 rings (SSSR count). The summed E-state index contributed by atoms with van der Waals surface area (Å²) in [6.07, 6.45) is 2.13. The van der Waals surface area contributed by atoms with Crippen LogP contribution in [-0.4, -0.2) is 39.5 Å². The lowest BCUT2D eigenvalue weighted by Gasteiger charge is -2.31. The third-order valence-electron chi connectivity index (χ3n) is 4.05. The molecule has 6 heteroatoms. The van der Waals surface area contributed by atoms with Crippen molar-refractivity contribution in [3.63, 3.8) is 0 Å². The summed E-state index contributed by atoms with van der Waals surface area (Å²) in [5.41, 5.74) is 0.558. The van der Waals surface area contributed by atoms with Crippen molar-refractivity contribution < 1.29 is 12.8 Å². The second-order valence-electron chi connectivity index (χ2n) is 5.66. The van der Waals surface area contributed by atoms with Crippen molar-refractivity contribution in [1.29, 1.82) is 0 Å². The van der Waals surface area contributed by atoms with Crippen LogP contribution in [0.4, 0.5) is 4.39 Å². The number of hydrogen-bond acceptors (Lipinski definition) is 3. The SMILES string of the molecule is CCN1CCC[C@H](CNS(=O)(=O)c2cc(F)ccc2C)C1. The van der Waals surface area contributed by atoms with Crippen molar-refractivity contribution in [2.45, 2.75) is 31.6 Å². The van der Waals surface area contributed by atoms with Gasteiger partial charge in [0.15, 0.2) is 0 Å². The van der Waals surface area contributed by atoms with Gasteiger partial charge in [0.1, 0.15) is 5.82 Å². The smallest absolute Gasteiger partial charge is 0.240 e. The molecule has 1 heterocycles. The summed E-state index contributed by atoms with van der Waals surface area (Å²) in [6.45, 7) is 7.20. The monoisotopic (exact) mass is 314 g/mol. The molecule has 0 bridgehead atoms. The first kappa shape index (κ1) is 16.4. The molecule has 0 unspecified atom stereocenters. The Bertz CT molecular complexity index is 589. The number of nitrogens with zero attached hydrogens (tertiary/aromatic N) is 1. The number of sulfonamides is 1. The van der Waals surface area contributed by atoms with Gasteiger partial charge in [0.05, 0.1) is 4.90 Å². The summed E-state index contributed by atoms with van der Waals surface area (Å²) >= 11 is 0. The number of aryl methyl sites for hydroxylation is 1. The third kappa shape index (κ3) is 4.25. The van der Waals surface area contributed by atoms with E-state index in [4.69, 9.17) is 0 Å². The van der Waals surface area contributed by atoms with Gasteiger partial charge in [-0.3, -0.25) is 0 Å². The maximum atomic E-state index is 13.3. The van der Waals surface area contributed by atoms with E-state index in [0.717, 1.165) is 38.5 Å². The number of benzene rings is 1. The number of rotatable bonds is 5. The van der Waals surface area contributed by atoms with Gasteiger partial charge in [0.25, 0.3) is 0 Å². The Balaban J connectivity index is 2.03. The summed E-state index contributed by atoms with van der Waals surface area (Å²) in [4.78, 5) is 2.36. The Labute approximate surface area is 126 Å². The van der Waals surface area contributed by atoms with Gasteiger partial charge in [0.2, 0.25) is 10.0 Å². The normalized spacial score (nSPS) is 20.6. The maximum absolute atomic E-state index is 13.3. The molecule has 1 aromatic carbocycles. The molecule has 1 N–H and O–H groups in total. The molecule has 4 nitrogen and oxygen atoms in total. The number of hydrogen-bond donors (Lipinski definition) is 1. The molecule has 0 saturated carbocycles. The van der Waals surface area contributed by atoms with E-state index in [0.29, 0.717) is 18.0 Å². The van der Waals surface area contributed by atoms with Crippen molar-refractivity contribution >= 4 is 10.0 Å². The highest BCUT2D eigenvalue weighted by Gasteiger charge is 2.22. The lowest BCUT2D eigenvalue weighted by atomic mass is 9.98. The van der Waals surface area contributed by atoms with Crippen molar-refractivity contribution in [1.82, 2.24) is 9.62 Å². The summed E-state index contributed by atoms with van der Waals surface area (Å²) in [5, 5.41) is 0. The molecule has 1 aliphatic rings. The first-order valence-corrected chi connectivity index (χ1v) is 8.89. The van der Waals surface area contributed by atoms with E-state index >= 15 is 0 Å². The van der Waals surface area contributed by atoms with E-state index in [1.54, 1.807) is 6.92 Å². The molecule has 0 aliphatic carbocycles. The largest absolute Gasteiger partial charge is 0.303 e. The zero-order valence-corrected chi connectivity index (χ0v) is 13.4. The lowest BCUT2D eigenvalue weighted by molar-refractivity contribution is 0.184. The Morgan fingerprint density at radius 1 is 1.43 bits per heavy atom. The quantitative estimate of drug-likeness (QED) is 0.906. The highest BCUT2D eigenvalue weighted by molar-refractivity contribution is 7.89. The van der Waals surface area contributed by atoms with Gasteiger partial charge >= 0.3 is 0 Å². The average Bonchev–Trinajstić information content (AvgIpc) is 2.48. The molecule has 0 amide bonds. The van der Waals surface area contributed by atoms with Gasteiger partial charge in [-0.05, 0) is 56.5 Å². The predicted molar refractivity (Wildman–Crippen MR) is 81.2 cm³/mol. The maximum Gasteiger partial charge on any atom is 0.240 e. The summed E-state index contributed by atoms with van der Waals surface area (Å²) < 4.78 is 40.5. The fourth-order valence-electron chi connectivity index (χ4n) is 2.77. The van der Waals surface area contributed by atoms with E-state index in [9.17, 15) is 12.8 Å². The molecular formula is C15H23FN2O2S. The van der Waals surface area contributed by atoms with Crippen molar-refractivity contribution in [2.24, 2.45) is 5.92 Å². The highest BCUT2D eigenvalue weighted by atomic mass is 32.2. The van der Waals surface area contributed by atoms with Gasteiger partial charge < -0.3 is 4.90 Å². The average molecular weight is 314 g/mol. The second kappa shape index (κ2) is 6.85. The van der Waals surface area contributed by atoms with E-state index in [1.807, 2.05) is 0 Å². The van der Waals surface area contributed by atoms with Crippen LogP contribution in [0.2, 0.25) is 0 Å². The molecule has 1 aromatic rings. The van der Waals surface area contributed by atoms with Gasteiger partial charge in [-0.15, -0.1) is 0 Å². The Hall–Kier alpha value is -0.980. The lowest BCUT2D eigenvalue weighted by Crippen LogP contribution is -2.40. The van der Waals surface area contributed by atoms with Crippen LogP contribution in [0.1, 0.15) is 25.3 Å². The van der Waals surface area contributed by atoms with Crippen molar-refractivity contribution in [3.05, 3.63) is 29.6 Å². The molecule has 0 radical (unpaired) electrons. The minimum Gasteiger partial charge on any atom is -0.303 e. The number of nitrogens with one attached hydrogen (secondary N) is 1. The predicted octanol–water partition coefficient (Wildman–Crippen LogP) is 2.14. The van der Waals surface area contributed by atoms with Crippen LogP contribution in [0.3, 0.4) is 0 Å². The fraction of sp³-hybridized carbons (Fsp3) is 0.600. The summed E-state index contributed by atoms with van der Waals surface area (Å²) in [6, 6.07) is 3.84. The number of halogens is 1. The van der Waals surface area contributed by atoms with E-state index in [2.05, 4.69) is 16.5 Å². The summed E-state index contributed by atoms with van der Waals surface area (Å²) in [7, 11) is -3.65. The van der Waals surface area contributed by atoms with Gasteiger partial charge in [-0.2, -0.15) is 0 Å². The Morgan fingerprint density at radius 2 is 2.19 bits per heavy atom. The molecule has 118 valence electrons. The molecule has 1 atom stereocenters. The minimum atomic E-state index is -3.65. The Morgan fingerprint density at radius 3 is 2.90 bits per heavy atom. The van der Waals surface area contributed by atoms with Crippen molar-refractivity contribution in [2.75, 3.05) is 26.2 Å². The topological polar surface area (TPSA) is 49.4 Å². The van der Waals surface area contributed by atoms with Crippen LogP contribution in [0.5, 0.6) is 0 Å². The number of piperidine rings is 1. The van der Waals surface area contributed by atoms with Crippen LogP contribution in [0.25, 0.3) is 0 Å².